The van der Waals surface area contributed by atoms with Gasteiger partial charge in [0.25, 0.3) is 0 Å². The minimum absolute atomic E-state index is 0.0701. The van der Waals surface area contributed by atoms with Crippen LogP contribution in [-0.4, -0.2) is 25.2 Å². The van der Waals surface area contributed by atoms with Crippen molar-refractivity contribution in [1.82, 2.24) is 0 Å². The van der Waals surface area contributed by atoms with E-state index in [2.05, 4.69) is 25.7 Å². The molecule has 0 amide bonds. The number of carbonyl (C=O) groups excluding carboxylic acids is 2. The molecule has 0 aliphatic heterocycles. The first-order chi connectivity index (χ1) is 10.7. The zero-order chi connectivity index (χ0) is 16.5. The summed E-state index contributed by atoms with van der Waals surface area (Å²) in [6.07, 6.45) is 9.37. The first kappa shape index (κ1) is 20.5. The molecule has 0 aliphatic rings. The van der Waals surface area contributed by atoms with Crippen LogP contribution < -0.4 is 0 Å². The maximum Gasteiger partial charge on any atom is 0.306 e. The summed E-state index contributed by atoms with van der Waals surface area (Å²) < 4.78 is 9.94. The summed E-state index contributed by atoms with van der Waals surface area (Å²) >= 11 is 0. The smallest absolute Gasteiger partial charge is 0.306 e. The summed E-state index contributed by atoms with van der Waals surface area (Å²) in [5.41, 5.74) is 0. The van der Waals surface area contributed by atoms with Crippen LogP contribution in [0.25, 0.3) is 0 Å². The van der Waals surface area contributed by atoms with Gasteiger partial charge in [-0.1, -0.05) is 64.2 Å². The van der Waals surface area contributed by atoms with Crippen LogP contribution >= 0.6 is 0 Å². The highest BCUT2D eigenvalue weighted by Gasteiger charge is 2.01. The average molecular weight is 310 g/mol. The molecule has 0 aliphatic carbocycles. The van der Waals surface area contributed by atoms with E-state index in [9.17, 15) is 9.59 Å². The van der Waals surface area contributed by atoms with Crippen LogP contribution in [0.1, 0.15) is 78.1 Å². The van der Waals surface area contributed by atoms with Gasteiger partial charge in [0.05, 0.1) is 0 Å². The molecule has 0 aromatic carbocycles. The summed E-state index contributed by atoms with van der Waals surface area (Å²) in [5, 5.41) is 0. The molecule has 0 unspecified atom stereocenters. The summed E-state index contributed by atoms with van der Waals surface area (Å²) in [6, 6.07) is 0. The van der Waals surface area contributed by atoms with E-state index in [0.29, 0.717) is 12.8 Å². The Morgan fingerprint density at radius 3 is 1.45 bits per heavy atom. The second kappa shape index (κ2) is 15.9. The molecule has 4 nitrogen and oxygen atoms in total. The molecule has 22 heavy (non-hydrogen) atoms. The van der Waals surface area contributed by atoms with E-state index < -0.39 is 0 Å². The predicted octanol–water partition coefficient (Wildman–Crippen LogP) is 4.02. The van der Waals surface area contributed by atoms with E-state index in [0.717, 1.165) is 51.4 Å². The summed E-state index contributed by atoms with van der Waals surface area (Å²) in [6.45, 7) is 4.40. The van der Waals surface area contributed by atoms with Crippen molar-refractivity contribution < 1.29 is 19.1 Å². The fourth-order valence-corrected chi connectivity index (χ4v) is 1.87. The lowest BCUT2D eigenvalue weighted by Crippen LogP contribution is -2.06. The molecule has 0 aromatic heterocycles. The lowest BCUT2D eigenvalue weighted by molar-refractivity contribution is -0.143. The van der Waals surface area contributed by atoms with Gasteiger partial charge in [-0.3, -0.25) is 9.59 Å². The third-order valence-electron chi connectivity index (χ3n) is 3.20. The maximum atomic E-state index is 11.3. The molecule has 126 valence electrons. The Bertz CT molecular complexity index is 320. The molecule has 0 atom stereocenters. The molecule has 0 fully saturated rings. The van der Waals surface area contributed by atoms with Crippen molar-refractivity contribution in [3.05, 3.63) is 0 Å². The predicted molar refractivity (Wildman–Crippen MR) is 87.2 cm³/mol. The zero-order valence-electron chi connectivity index (χ0n) is 14.1. The highest BCUT2D eigenvalue weighted by Crippen LogP contribution is 2.04. The van der Waals surface area contributed by atoms with Crippen molar-refractivity contribution in [2.24, 2.45) is 0 Å². The zero-order valence-corrected chi connectivity index (χ0v) is 14.1. The Labute approximate surface area is 134 Å². The van der Waals surface area contributed by atoms with Gasteiger partial charge in [-0.15, -0.1) is 0 Å². The van der Waals surface area contributed by atoms with Crippen LogP contribution in [0.2, 0.25) is 0 Å². The van der Waals surface area contributed by atoms with Gasteiger partial charge in [0.15, 0.2) is 13.2 Å². The molecular weight excluding hydrogens is 280 g/mol. The molecule has 0 saturated heterocycles. The van der Waals surface area contributed by atoms with Crippen LogP contribution in [0.15, 0.2) is 0 Å². The van der Waals surface area contributed by atoms with Gasteiger partial charge in [-0.05, 0) is 12.8 Å². The highest BCUT2D eigenvalue weighted by atomic mass is 16.5. The van der Waals surface area contributed by atoms with Gasteiger partial charge in [0.1, 0.15) is 0 Å². The van der Waals surface area contributed by atoms with Crippen molar-refractivity contribution >= 4 is 11.9 Å². The average Bonchev–Trinajstić information content (AvgIpc) is 2.51. The molecule has 0 rings (SSSR count). The van der Waals surface area contributed by atoms with Gasteiger partial charge in [-0.2, -0.15) is 0 Å². The van der Waals surface area contributed by atoms with Crippen molar-refractivity contribution in [3.63, 3.8) is 0 Å². The van der Waals surface area contributed by atoms with E-state index in [1.54, 1.807) is 0 Å². The summed E-state index contributed by atoms with van der Waals surface area (Å²) in [4.78, 5) is 22.7. The first-order valence-electron chi connectivity index (χ1n) is 8.47. The molecular formula is C18H30O4. The normalized spacial score (nSPS) is 9.73. The number of hydrogen-bond donors (Lipinski definition) is 0. The number of carbonyl (C=O) groups is 2. The van der Waals surface area contributed by atoms with Crippen LogP contribution in [0, 0.1) is 11.8 Å². The third-order valence-corrected chi connectivity index (χ3v) is 3.20. The van der Waals surface area contributed by atoms with Crippen LogP contribution in [0.3, 0.4) is 0 Å². The van der Waals surface area contributed by atoms with Crippen LogP contribution in [0.5, 0.6) is 0 Å². The van der Waals surface area contributed by atoms with Gasteiger partial charge in [0.2, 0.25) is 0 Å². The molecule has 0 spiro atoms. The lowest BCUT2D eigenvalue weighted by atomic mass is 10.2. The van der Waals surface area contributed by atoms with Crippen LogP contribution in [-0.2, 0) is 19.1 Å². The fourth-order valence-electron chi connectivity index (χ4n) is 1.87. The molecule has 4 heteroatoms. The van der Waals surface area contributed by atoms with Crippen molar-refractivity contribution in [1.29, 1.82) is 0 Å². The van der Waals surface area contributed by atoms with Gasteiger partial charge >= 0.3 is 11.9 Å². The van der Waals surface area contributed by atoms with E-state index in [4.69, 9.17) is 9.47 Å². The number of rotatable bonds is 12. The Hall–Kier alpha value is -1.50. The van der Waals surface area contributed by atoms with E-state index in [-0.39, 0.29) is 25.2 Å². The summed E-state index contributed by atoms with van der Waals surface area (Å²) in [7, 11) is 0. The minimum Gasteiger partial charge on any atom is -0.452 e. The second-order valence-electron chi connectivity index (χ2n) is 5.30. The Kier molecular flexibility index (Phi) is 14.8. The van der Waals surface area contributed by atoms with E-state index in [1.165, 1.54) is 0 Å². The quantitative estimate of drug-likeness (QED) is 0.310. The molecule has 0 aromatic rings. The topological polar surface area (TPSA) is 52.6 Å². The molecule has 0 N–H and O–H groups in total. The largest absolute Gasteiger partial charge is 0.452 e. The second-order valence-corrected chi connectivity index (χ2v) is 5.30. The Morgan fingerprint density at radius 1 is 0.682 bits per heavy atom. The summed E-state index contributed by atoms with van der Waals surface area (Å²) in [5.74, 6) is 4.94. The van der Waals surface area contributed by atoms with E-state index in [1.807, 2.05) is 0 Å². The molecule has 0 radical (unpaired) electrons. The van der Waals surface area contributed by atoms with Gasteiger partial charge in [0, 0.05) is 12.8 Å². The first-order valence-corrected chi connectivity index (χ1v) is 8.47. The highest BCUT2D eigenvalue weighted by molar-refractivity contribution is 5.69. The van der Waals surface area contributed by atoms with Crippen molar-refractivity contribution in [2.45, 2.75) is 78.1 Å². The van der Waals surface area contributed by atoms with Crippen molar-refractivity contribution in [2.75, 3.05) is 13.2 Å². The third kappa shape index (κ3) is 14.9. The van der Waals surface area contributed by atoms with Crippen molar-refractivity contribution in [3.8, 4) is 11.8 Å². The van der Waals surface area contributed by atoms with Crippen LogP contribution in [0.4, 0.5) is 0 Å². The Balaban J connectivity index is 3.47. The van der Waals surface area contributed by atoms with E-state index >= 15 is 0 Å². The minimum atomic E-state index is -0.210. The van der Waals surface area contributed by atoms with Gasteiger partial charge < -0.3 is 9.47 Å². The maximum absolute atomic E-state index is 11.3. The molecule has 0 bridgehead atoms. The molecule has 0 heterocycles. The SMILES string of the molecule is CCCCCCC(=O)OCC#CCOC(=O)CCCCCC. The lowest BCUT2D eigenvalue weighted by Gasteiger charge is -2.01. The number of unbranched alkanes of at least 4 members (excludes halogenated alkanes) is 6. The standard InChI is InChI=1S/C18H30O4/c1-3-5-7-9-13-17(19)21-15-11-12-16-22-18(20)14-10-8-6-4-2/h3-10,13-16H2,1-2H3. The fraction of sp³-hybridized carbons (Fsp3) is 0.778. The number of esters is 2. The number of hydrogen-bond acceptors (Lipinski definition) is 4. The monoisotopic (exact) mass is 310 g/mol. The molecule has 0 saturated carbocycles. The number of ether oxygens (including phenoxy) is 2. The Morgan fingerprint density at radius 2 is 1.09 bits per heavy atom. The van der Waals surface area contributed by atoms with Gasteiger partial charge in [-0.25, -0.2) is 0 Å².